The molecule has 3 heteroatoms. The third-order valence-corrected chi connectivity index (χ3v) is 1.71. The molecule has 0 saturated carbocycles. The van der Waals surface area contributed by atoms with E-state index in [1.807, 2.05) is 6.07 Å². The minimum absolute atomic E-state index is 0.292. The summed E-state index contributed by atoms with van der Waals surface area (Å²) >= 11 is 0. The number of aromatic amines is 1. The molecule has 0 aromatic carbocycles. The van der Waals surface area contributed by atoms with Gasteiger partial charge in [0.2, 0.25) is 0 Å². The third-order valence-electron chi connectivity index (χ3n) is 1.71. The second kappa shape index (κ2) is 4.26. The van der Waals surface area contributed by atoms with Crippen molar-refractivity contribution < 1.29 is 5.11 Å². The lowest BCUT2D eigenvalue weighted by Crippen LogP contribution is -2.04. The summed E-state index contributed by atoms with van der Waals surface area (Å²) in [6, 6.07) is 2.02. The lowest BCUT2D eigenvalue weighted by atomic mass is 10.2. The highest BCUT2D eigenvalue weighted by molar-refractivity contribution is 5.09. The molecule has 1 rings (SSSR count). The number of nitrogens with one attached hydrogen (secondary N) is 1. The van der Waals surface area contributed by atoms with Gasteiger partial charge in [-0.15, -0.1) is 0 Å². The highest BCUT2D eigenvalue weighted by Crippen LogP contribution is 2.04. The molecular formula is C9H16N2O. The van der Waals surface area contributed by atoms with Crippen LogP contribution in [0.4, 0.5) is 0 Å². The smallest absolute Gasteiger partial charge is 0.0624 e. The van der Waals surface area contributed by atoms with E-state index in [0.717, 1.165) is 24.2 Å². The maximum atomic E-state index is 9.10. The van der Waals surface area contributed by atoms with Crippen LogP contribution < -0.4 is 0 Å². The van der Waals surface area contributed by atoms with Crippen LogP contribution in [-0.4, -0.2) is 21.4 Å². The van der Waals surface area contributed by atoms with E-state index in [9.17, 15) is 0 Å². The lowest BCUT2D eigenvalue weighted by Gasteiger charge is -1.98. The Balaban J connectivity index is 2.52. The van der Waals surface area contributed by atoms with Gasteiger partial charge in [0, 0.05) is 12.1 Å². The minimum Gasteiger partial charge on any atom is -0.393 e. The lowest BCUT2D eigenvalue weighted by molar-refractivity contribution is 0.194. The van der Waals surface area contributed by atoms with Crippen molar-refractivity contribution in [1.82, 2.24) is 10.2 Å². The monoisotopic (exact) mass is 168 g/mol. The molecule has 0 bridgehead atoms. The first kappa shape index (κ1) is 9.26. The number of aliphatic hydroxyl groups is 1. The maximum absolute atomic E-state index is 9.10. The number of rotatable bonds is 4. The van der Waals surface area contributed by atoms with Crippen LogP contribution in [0.15, 0.2) is 6.07 Å². The first-order valence-corrected chi connectivity index (χ1v) is 4.43. The van der Waals surface area contributed by atoms with Gasteiger partial charge in [0.1, 0.15) is 0 Å². The van der Waals surface area contributed by atoms with Crippen molar-refractivity contribution in [3.8, 4) is 0 Å². The highest BCUT2D eigenvalue weighted by atomic mass is 16.3. The van der Waals surface area contributed by atoms with Crippen molar-refractivity contribution in [3.05, 3.63) is 17.5 Å². The molecule has 1 atom stereocenters. The average molecular weight is 168 g/mol. The van der Waals surface area contributed by atoms with Crippen molar-refractivity contribution in [2.24, 2.45) is 0 Å². The first-order chi connectivity index (χ1) is 5.72. The number of aliphatic hydroxyl groups excluding tert-OH is 1. The average Bonchev–Trinajstić information content (AvgIpc) is 2.36. The summed E-state index contributed by atoms with van der Waals surface area (Å²) in [6.07, 6.45) is 2.49. The molecular weight excluding hydrogens is 152 g/mol. The van der Waals surface area contributed by atoms with E-state index in [-0.39, 0.29) is 6.10 Å². The van der Waals surface area contributed by atoms with Crippen LogP contribution in [0.1, 0.15) is 31.7 Å². The summed E-state index contributed by atoms with van der Waals surface area (Å²) in [5.41, 5.74) is 2.11. The fourth-order valence-electron chi connectivity index (χ4n) is 1.22. The van der Waals surface area contributed by atoms with Crippen LogP contribution in [0.3, 0.4) is 0 Å². The molecule has 12 heavy (non-hydrogen) atoms. The van der Waals surface area contributed by atoms with Gasteiger partial charge in [-0.05, 0) is 19.4 Å². The molecule has 1 aromatic rings. The van der Waals surface area contributed by atoms with Gasteiger partial charge in [-0.2, -0.15) is 5.10 Å². The van der Waals surface area contributed by atoms with Crippen LogP contribution in [0, 0.1) is 0 Å². The molecule has 0 spiro atoms. The van der Waals surface area contributed by atoms with E-state index >= 15 is 0 Å². The Morgan fingerprint density at radius 2 is 2.42 bits per heavy atom. The zero-order valence-electron chi connectivity index (χ0n) is 7.67. The Kier molecular flexibility index (Phi) is 3.29. The Bertz CT molecular complexity index is 230. The first-order valence-electron chi connectivity index (χ1n) is 4.43. The number of hydrogen-bond acceptors (Lipinski definition) is 2. The normalized spacial score (nSPS) is 13.2. The van der Waals surface area contributed by atoms with E-state index < -0.39 is 0 Å². The molecule has 0 aliphatic carbocycles. The van der Waals surface area contributed by atoms with Crippen LogP contribution in [0.2, 0.25) is 0 Å². The van der Waals surface area contributed by atoms with Crippen LogP contribution in [-0.2, 0) is 12.8 Å². The molecule has 0 aliphatic rings. The largest absolute Gasteiger partial charge is 0.393 e. The molecule has 1 heterocycles. The van der Waals surface area contributed by atoms with Crippen LogP contribution >= 0.6 is 0 Å². The van der Waals surface area contributed by atoms with Gasteiger partial charge >= 0.3 is 0 Å². The van der Waals surface area contributed by atoms with Gasteiger partial charge in [-0.1, -0.05) is 13.3 Å². The Morgan fingerprint density at radius 1 is 1.67 bits per heavy atom. The predicted octanol–water partition coefficient (Wildman–Crippen LogP) is 1.29. The third kappa shape index (κ3) is 2.66. The molecule has 1 unspecified atom stereocenters. The molecule has 0 aliphatic heterocycles. The number of H-pyrrole nitrogens is 1. The summed E-state index contributed by atoms with van der Waals surface area (Å²) in [6.45, 7) is 3.91. The molecule has 2 N–H and O–H groups in total. The Hall–Kier alpha value is -0.830. The molecule has 0 radical (unpaired) electrons. The molecule has 0 fully saturated rings. The fraction of sp³-hybridized carbons (Fsp3) is 0.667. The Labute approximate surface area is 72.8 Å². The quantitative estimate of drug-likeness (QED) is 0.711. The zero-order valence-corrected chi connectivity index (χ0v) is 7.67. The summed E-state index contributed by atoms with van der Waals surface area (Å²) in [5, 5.41) is 16.1. The van der Waals surface area contributed by atoms with Crippen molar-refractivity contribution in [2.45, 2.75) is 39.2 Å². The predicted molar refractivity (Wildman–Crippen MR) is 48.0 cm³/mol. The van der Waals surface area contributed by atoms with Gasteiger partial charge < -0.3 is 5.11 Å². The van der Waals surface area contributed by atoms with E-state index in [1.165, 1.54) is 0 Å². The maximum Gasteiger partial charge on any atom is 0.0624 e. The molecule has 0 amide bonds. The number of aromatic nitrogens is 2. The van der Waals surface area contributed by atoms with Crippen LogP contribution in [0.5, 0.6) is 0 Å². The topological polar surface area (TPSA) is 48.9 Å². The van der Waals surface area contributed by atoms with Gasteiger partial charge in [-0.25, -0.2) is 0 Å². The zero-order chi connectivity index (χ0) is 8.97. The van der Waals surface area contributed by atoms with Crippen molar-refractivity contribution in [2.75, 3.05) is 0 Å². The molecule has 0 saturated heterocycles. The summed E-state index contributed by atoms with van der Waals surface area (Å²) in [5.74, 6) is 0. The highest BCUT2D eigenvalue weighted by Gasteiger charge is 2.02. The van der Waals surface area contributed by atoms with E-state index in [0.29, 0.717) is 6.42 Å². The standard InChI is InChI=1S/C9H16N2O/c1-3-4-8-6-9(11-10-8)5-7(2)12/h6-7,12H,3-5H2,1-2H3,(H,10,11). The number of nitrogens with zero attached hydrogens (tertiary/aromatic N) is 1. The van der Waals surface area contributed by atoms with E-state index in [4.69, 9.17) is 5.11 Å². The van der Waals surface area contributed by atoms with Crippen molar-refractivity contribution >= 4 is 0 Å². The summed E-state index contributed by atoms with van der Waals surface area (Å²) in [4.78, 5) is 0. The van der Waals surface area contributed by atoms with Crippen molar-refractivity contribution in [1.29, 1.82) is 0 Å². The van der Waals surface area contributed by atoms with Gasteiger partial charge in [0.25, 0.3) is 0 Å². The number of aryl methyl sites for hydroxylation is 1. The van der Waals surface area contributed by atoms with Crippen molar-refractivity contribution in [3.63, 3.8) is 0 Å². The molecule has 3 nitrogen and oxygen atoms in total. The SMILES string of the molecule is CCCc1cc(CC(C)O)[nH]n1. The number of hydrogen-bond donors (Lipinski definition) is 2. The minimum atomic E-state index is -0.292. The summed E-state index contributed by atoms with van der Waals surface area (Å²) in [7, 11) is 0. The second-order valence-corrected chi connectivity index (χ2v) is 3.19. The van der Waals surface area contributed by atoms with E-state index in [1.54, 1.807) is 6.92 Å². The fourth-order valence-corrected chi connectivity index (χ4v) is 1.22. The van der Waals surface area contributed by atoms with E-state index in [2.05, 4.69) is 17.1 Å². The second-order valence-electron chi connectivity index (χ2n) is 3.19. The molecule has 1 aromatic heterocycles. The van der Waals surface area contributed by atoms with Gasteiger partial charge in [0.05, 0.1) is 11.8 Å². The summed E-state index contributed by atoms with van der Waals surface area (Å²) < 4.78 is 0. The molecule has 68 valence electrons. The van der Waals surface area contributed by atoms with Gasteiger partial charge in [-0.3, -0.25) is 5.10 Å². The van der Waals surface area contributed by atoms with Gasteiger partial charge in [0.15, 0.2) is 0 Å². The van der Waals surface area contributed by atoms with Crippen LogP contribution in [0.25, 0.3) is 0 Å². The Morgan fingerprint density at radius 3 is 3.00 bits per heavy atom.